The zero-order valence-electron chi connectivity index (χ0n) is 19.1. The second kappa shape index (κ2) is 7.63. The van der Waals surface area contributed by atoms with Crippen molar-refractivity contribution in [2.24, 2.45) is 22.6 Å². The Morgan fingerprint density at radius 3 is 2.64 bits per heavy atom. The molecule has 10 heteroatoms. The summed E-state index contributed by atoms with van der Waals surface area (Å²) in [6.45, 7) is 7.63. The zero-order valence-corrected chi connectivity index (χ0v) is 19.1. The van der Waals surface area contributed by atoms with Gasteiger partial charge in [0.25, 0.3) is 0 Å². The second-order valence-corrected chi connectivity index (χ2v) is 10.4. The predicted molar refractivity (Wildman–Crippen MR) is 115 cm³/mol. The Balaban J connectivity index is 1.46. The van der Waals surface area contributed by atoms with Crippen molar-refractivity contribution in [3.8, 4) is 5.75 Å². The first kappa shape index (κ1) is 23.4. The highest BCUT2D eigenvalue weighted by Crippen LogP contribution is 2.44. The highest BCUT2D eigenvalue weighted by Gasteiger charge is 2.47. The predicted octanol–water partition coefficient (Wildman–Crippen LogP) is 3.39. The number of carbonyl (C=O) groups is 2. The summed E-state index contributed by atoms with van der Waals surface area (Å²) in [4.78, 5) is 31.2. The molecule has 1 saturated carbocycles. The van der Waals surface area contributed by atoms with Gasteiger partial charge in [-0.25, -0.2) is 4.99 Å². The highest BCUT2D eigenvalue weighted by atomic mass is 19.4. The van der Waals surface area contributed by atoms with Crippen molar-refractivity contribution < 1.29 is 27.5 Å². The van der Waals surface area contributed by atoms with Crippen molar-refractivity contribution in [1.82, 2.24) is 10.2 Å². The molecule has 33 heavy (non-hydrogen) atoms. The van der Waals surface area contributed by atoms with Crippen LogP contribution >= 0.6 is 0 Å². The smallest absolute Gasteiger partial charge is 0.416 e. The van der Waals surface area contributed by atoms with Crippen LogP contribution in [0.2, 0.25) is 0 Å². The monoisotopic (exact) mass is 466 g/mol. The molecule has 7 nitrogen and oxygen atoms in total. The van der Waals surface area contributed by atoms with Gasteiger partial charge >= 0.3 is 6.18 Å². The van der Waals surface area contributed by atoms with E-state index in [9.17, 15) is 22.8 Å². The van der Waals surface area contributed by atoms with E-state index in [1.807, 2.05) is 27.7 Å². The lowest BCUT2D eigenvalue weighted by atomic mass is 9.88. The number of nitrogens with two attached hydrogens (primary N) is 1. The third-order valence-electron chi connectivity index (χ3n) is 6.37. The first-order valence-electron chi connectivity index (χ1n) is 11.0. The minimum atomic E-state index is -4.49. The number of amides is 2. The number of aliphatic imine (C=N–C) groups is 1. The molecule has 0 aromatic heterocycles. The van der Waals surface area contributed by atoms with Crippen molar-refractivity contribution >= 4 is 17.8 Å². The van der Waals surface area contributed by atoms with Crippen LogP contribution in [0.5, 0.6) is 5.75 Å². The zero-order chi connectivity index (χ0) is 24.3. The van der Waals surface area contributed by atoms with Crippen LogP contribution in [-0.2, 0) is 15.8 Å². The molecule has 1 fully saturated rings. The third-order valence-corrected chi connectivity index (χ3v) is 6.37. The number of hydrogen-bond acceptors (Lipinski definition) is 5. The quantitative estimate of drug-likeness (QED) is 0.711. The summed E-state index contributed by atoms with van der Waals surface area (Å²) < 4.78 is 45.6. The van der Waals surface area contributed by atoms with E-state index in [0.29, 0.717) is 30.7 Å². The van der Waals surface area contributed by atoms with Crippen molar-refractivity contribution in [1.29, 1.82) is 0 Å². The van der Waals surface area contributed by atoms with Crippen LogP contribution in [0.1, 0.15) is 64.1 Å². The number of halogens is 3. The largest absolute Gasteiger partial charge is 0.487 e. The maximum absolute atomic E-state index is 13.2. The molecular formula is C23H29F3N4O3. The number of alkyl halides is 3. The minimum absolute atomic E-state index is 0.0715. The first-order valence-corrected chi connectivity index (χ1v) is 11.0. The molecule has 3 atom stereocenters. The van der Waals surface area contributed by atoms with E-state index in [1.54, 1.807) is 0 Å². The van der Waals surface area contributed by atoms with Gasteiger partial charge in [-0.2, -0.15) is 13.2 Å². The number of guanidine groups is 1. The van der Waals surface area contributed by atoms with E-state index in [-0.39, 0.29) is 36.0 Å². The number of nitrogens with one attached hydrogen (secondary N) is 1. The van der Waals surface area contributed by atoms with E-state index >= 15 is 0 Å². The lowest BCUT2D eigenvalue weighted by molar-refractivity contribution is -0.137. The SMILES string of the molecule is CC1(C)CC(=O)N(C[C@@H]2C[C@H]2C(=O)N[C@H]2CC(C)(C)Oc3ccc(C(F)(F)F)cc32)C(N)=N1. The van der Waals surface area contributed by atoms with Gasteiger partial charge in [0.1, 0.15) is 11.4 Å². The van der Waals surface area contributed by atoms with Crippen LogP contribution in [0.15, 0.2) is 23.2 Å². The minimum Gasteiger partial charge on any atom is -0.487 e. The van der Waals surface area contributed by atoms with E-state index in [0.717, 1.165) is 12.1 Å². The molecule has 3 aliphatic rings. The highest BCUT2D eigenvalue weighted by molar-refractivity contribution is 5.99. The van der Waals surface area contributed by atoms with Crippen molar-refractivity contribution in [3.63, 3.8) is 0 Å². The lowest BCUT2D eigenvalue weighted by Crippen LogP contribution is -2.50. The molecule has 0 unspecified atom stereocenters. The topological polar surface area (TPSA) is 97.0 Å². The number of ether oxygens (including phenoxy) is 1. The third kappa shape index (κ3) is 4.94. The molecule has 1 aromatic rings. The Kier molecular flexibility index (Phi) is 5.41. The van der Waals surface area contributed by atoms with Crippen molar-refractivity contribution in [2.45, 2.75) is 70.3 Å². The van der Waals surface area contributed by atoms with Crippen LogP contribution in [0.25, 0.3) is 0 Å². The number of carbonyl (C=O) groups excluding carboxylic acids is 2. The van der Waals surface area contributed by atoms with Gasteiger partial charge in [0.05, 0.1) is 23.6 Å². The summed E-state index contributed by atoms with van der Waals surface area (Å²) in [6, 6.07) is 2.73. The van der Waals surface area contributed by atoms with E-state index in [2.05, 4.69) is 10.3 Å². The molecule has 2 aliphatic heterocycles. The van der Waals surface area contributed by atoms with Crippen LogP contribution in [-0.4, -0.2) is 40.4 Å². The summed E-state index contributed by atoms with van der Waals surface area (Å²) in [6.07, 6.45) is -3.33. The molecule has 3 N–H and O–H groups in total. The summed E-state index contributed by atoms with van der Waals surface area (Å²) >= 11 is 0. The van der Waals surface area contributed by atoms with Crippen molar-refractivity contribution in [2.75, 3.05) is 6.54 Å². The standard InChI is InChI=1S/C23H29F3N4O3/c1-21(2)10-18(31)30(20(27)29-21)11-12-7-14(12)19(32)28-16-9-22(3,4)33-17-6-5-13(8-15(16)17)23(24,25)26/h5-6,8,12,14,16H,7,9-11H2,1-4H3,(H2,27,29)(H,28,32)/t12-,14+,16-/m0/s1. The van der Waals surface area contributed by atoms with Gasteiger partial charge in [0.2, 0.25) is 11.8 Å². The summed E-state index contributed by atoms with van der Waals surface area (Å²) in [5.41, 5.74) is 4.32. The number of hydrogen-bond donors (Lipinski definition) is 2. The van der Waals surface area contributed by atoms with E-state index < -0.39 is 28.9 Å². The van der Waals surface area contributed by atoms with Gasteiger partial charge in [-0.1, -0.05) is 0 Å². The van der Waals surface area contributed by atoms with Crippen LogP contribution < -0.4 is 15.8 Å². The van der Waals surface area contributed by atoms with Gasteiger partial charge in [-0.15, -0.1) is 0 Å². The second-order valence-electron chi connectivity index (χ2n) is 10.4. The molecule has 1 aromatic carbocycles. The Morgan fingerprint density at radius 2 is 2.00 bits per heavy atom. The number of rotatable bonds is 4. The van der Waals surface area contributed by atoms with Crippen LogP contribution in [0.4, 0.5) is 13.2 Å². The molecule has 1 aliphatic carbocycles. The van der Waals surface area contributed by atoms with Crippen molar-refractivity contribution in [3.05, 3.63) is 29.3 Å². The fourth-order valence-corrected chi connectivity index (χ4v) is 4.64. The Bertz CT molecular complexity index is 1020. The number of nitrogens with zero attached hydrogens (tertiary/aromatic N) is 2. The summed E-state index contributed by atoms with van der Waals surface area (Å²) in [5, 5.41) is 2.92. The van der Waals surface area contributed by atoms with Gasteiger partial charge in [-0.3, -0.25) is 14.5 Å². The fraction of sp³-hybridized carbons (Fsp3) is 0.609. The van der Waals surface area contributed by atoms with E-state index in [4.69, 9.17) is 10.5 Å². The average Bonchev–Trinajstić information content (AvgIpc) is 3.41. The van der Waals surface area contributed by atoms with Gasteiger partial charge in [-0.05, 0) is 58.2 Å². The molecule has 2 amide bonds. The number of benzene rings is 1. The number of fused-ring (bicyclic) bond motifs is 1. The Hall–Kier alpha value is -2.78. The maximum atomic E-state index is 13.2. The Morgan fingerprint density at radius 1 is 1.30 bits per heavy atom. The molecule has 0 bridgehead atoms. The van der Waals surface area contributed by atoms with Gasteiger partial charge in [0, 0.05) is 24.4 Å². The fourth-order valence-electron chi connectivity index (χ4n) is 4.64. The average molecular weight is 467 g/mol. The molecular weight excluding hydrogens is 437 g/mol. The molecule has 180 valence electrons. The molecule has 0 spiro atoms. The lowest BCUT2D eigenvalue weighted by Gasteiger charge is -2.38. The normalized spacial score (nSPS) is 27.8. The van der Waals surface area contributed by atoms with Crippen LogP contribution in [0, 0.1) is 11.8 Å². The van der Waals surface area contributed by atoms with Gasteiger partial charge in [0.15, 0.2) is 5.96 Å². The van der Waals surface area contributed by atoms with Crippen LogP contribution in [0.3, 0.4) is 0 Å². The molecule has 0 saturated heterocycles. The summed E-state index contributed by atoms with van der Waals surface area (Å²) in [5.74, 6) is -0.285. The molecule has 0 radical (unpaired) electrons. The summed E-state index contributed by atoms with van der Waals surface area (Å²) in [7, 11) is 0. The molecule has 4 rings (SSSR count). The van der Waals surface area contributed by atoms with Gasteiger partial charge < -0.3 is 15.8 Å². The maximum Gasteiger partial charge on any atom is 0.416 e. The molecule has 2 heterocycles. The first-order chi connectivity index (χ1) is 15.2. The Labute approximate surface area is 190 Å². The van der Waals surface area contributed by atoms with E-state index in [1.165, 1.54) is 11.0 Å².